The maximum atomic E-state index is 12.7. The van der Waals surface area contributed by atoms with Crippen LogP contribution in [-0.4, -0.2) is 43.2 Å². The summed E-state index contributed by atoms with van der Waals surface area (Å²) in [4.78, 5) is 10.7. The van der Waals surface area contributed by atoms with E-state index < -0.39 is 6.61 Å². The molecule has 0 amide bonds. The first kappa shape index (κ1) is 21.1. The average Bonchev–Trinajstić information content (AvgIpc) is 3.16. The molecule has 0 radical (unpaired) electrons. The third kappa shape index (κ3) is 6.19. The van der Waals surface area contributed by atoms with Gasteiger partial charge in [-0.1, -0.05) is 29.8 Å². The van der Waals surface area contributed by atoms with Gasteiger partial charge in [0.2, 0.25) is 0 Å². The number of rotatable bonds is 7. The van der Waals surface area contributed by atoms with E-state index >= 15 is 0 Å². The van der Waals surface area contributed by atoms with Gasteiger partial charge in [-0.2, -0.15) is 8.78 Å². The first-order chi connectivity index (χ1) is 14.0. The maximum absolute atomic E-state index is 12.7. The normalized spacial score (nSPS) is 16.9. The molecular formula is C20H24ClF2N5O. The van der Waals surface area contributed by atoms with Gasteiger partial charge in [-0.05, 0) is 37.1 Å². The molecule has 2 aromatic rings. The third-order valence-corrected chi connectivity index (χ3v) is 4.73. The summed E-state index contributed by atoms with van der Waals surface area (Å²) in [6.07, 6.45) is 2.56. The molecular weight excluding hydrogens is 400 g/mol. The Morgan fingerprint density at radius 3 is 2.90 bits per heavy atom. The first-order valence-electron chi connectivity index (χ1n) is 9.49. The van der Waals surface area contributed by atoms with Gasteiger partial charge in [0.25, 0.3) is 0 Å². The molecule has 0 aliphatic carbocycles. The molecule has 1 aliphatic heterocycles. The van der Waals surface area contributed by atoms with Crippen molar-refractivity contribution in [2.75, 3.05) is 24.5 Å². The minimum atomic E-state index is -2.84. The van der Waals surface area contributed by atoms with E-state index in [-0.39, 0.29) is 11.8 Å². The smallest absolute Gasteiger partial charge is 0.387 e. The van der Waals surface area contributed by atoms with Gasteiger partial charge in [0.1, 0.15) is 10.9 Å². The summed E-state index contributed by atoms with van der Waals surface area (Å²) in [5, 5.41) is 7.10. The average molecular weight is 424 g/mol. The van der Waals surface area contributed by atoms with Crippen LogP contribution in [0, 0.1) is 0 Å². The molecule has 1 saturated heterocycles. The standard InChI is InChI=1S/C20H24ClF2N5O/c1-2-24-20(26-12-14-7-8-18(21)25-11-14)27-15-9-10-28(13-15)16-5-3-4-6-17(16)29-19(22)23/h3-8,11,15,19H,2,9-10,12-13H2,1H3,(H2,24,26,27). The van der Waals surface area contributed by atoms with Crippen LogP contribution in [-0.2, 0) is 6.54 Å². The van der Waals surface area contributed by atoms with Crippen LogP contribution in [0.25, 0.3) is 0 Å². The molecule has 0 bridgehead atoms. The zero-order valence-electron chi connectivity index (χ0n) is 16.1. The Morgan fingerprint density at radius 1 is 1.34 bits per heavy atom. The van der Waals surface area contributed by atoms with E-state index in [4.69, 9.17) is 11.6 Å². The van der Waals surface area contributed by atoms with Crippen LogP contribution in [0.5, 0.6) is 5.75 Å². The number of hydrogen-bond acceptors (Lipinski definition) is 4. The summed E-state index contributed by atoms with van der Waals surface area (Å²) in [5.74, 6) is 0.894. The number of aromatic nitrogens is 1. The van der Waals surface area contributed by atoms with Crippen LogP contribution < -0.4 is 20.3 Å². The van der Waals surface area contributed by atoms with E-state index in [1.807, 2.05) is 24.0 Å². The second-order valence-electron chi connectivity index (χ2n) is 6.61. The van der Waals surface area contributed by atoms with Crippen LogP contribution in [0.1, 0.15) is 18.9 Å². The molecule has 2 N–H and O–H groups in total. The highest BCUT2D eigenvalue weighted by molar-refractivity contribution is 6.29. The Kier molecular flexibility index (Phi) is 7.46. The van der Waals surface area contributed by atoms with Crippen molar-refractivity contribution in [3.63, 3.8) is 0 Å². The van der Waals surface area contributed by atoms with Crippen molar-refractivity contribution in [1.82, 2.24) is 15.6 Å². The highest BCUT2D eigenvalue weighted by Gasteiger charge is 2.26. The van der Waals surface area contributed by atoms with E-state index in [9.17, 15) is 8.78 Å². The van der Waals surface area contributed by atoms with E-state index in [2.05, 4.69) is 25.3 Å². The number of hydrogen-bond donors (Lipinski definition) is 2. The highest BCUT2D eigenvalue weighted by atomic mass is 35.5. The van der Waals surface area contributed by atoms with Crippen LogP contribution in [0.4, 0.5) is 14.5 Å². The number of para-hydroxylation sites is 2. The van der Waals surface area contributed by atoms with Crippen molar-refractivity contribution in [2.24, 2.45) is 4.99 Å². The lowest BCUT2D eigenvalue weighted by atomic mass is 10.2. The molecule has 0 spiro atoms. The summed E-state index contributed by atoms with van der Waals surface area (Å²) in [5.41, 5.74) is 1.63. The van der Waals surface area contributed by atoms with Gasteiger partial charge in [0.15, 0.2) is 5.96 Å². The van der Waals surface area contributed by atoms with Gasteiger partial charge >= 0.3 is 6.61 Å². The zero-order valence-corrected chi connectivity index (χ0v) is 16.9. The molecule has 156 valence electrons. The van der Waals surface area contributed by atoms with Gasteiger partial charge in [0, 0.05) is 31.9 Å². The molecule has 1 fully saturated rings. The summed E-state index contributed by atoms with van der Waals surface area (Å²) in [6, 6.07) is 10.6. The van der Waals surface area contributed by atoms with Crippen LogP contribution in [0.15, 0.2) is 47.6 Å². The number of halogens is 3. The van der Waals surface area contributed by atoms with Crippen molar-refractivity contribution >= 4 is 23.2 Å². The lowest BCUT2D eigenvalue weighted by Gasteiger charge is -2.22. The predicted molar refractivity (Wildman–Crippen MR) is 111 cm³/mol. The number of nitrogens with zero attached hydrogens (tertiary/aromatic N) is 3. The number of anilines is 1. The lowest BCUT2D eigenvalue weighted by Crippen LogP contribution is -2.44. The van der Waals surface area contributed by atoms with Gasteiger partial charge < -0.3 is 20.3 Å². The number of ether oxygens (including phenoxy) is 1. The van der Waals surface area contributed by atoms with Gasteiger partial charge in [-0.3, -0.25) is 0 Å². The van der Waals surface area contributed by atoms with Crippen LogP contribution in [0.2, 0.25) is 5.15 Å². The Bertz CT molecular complexity index is 819. The van der Waals surface area contributed by atoms with Crippen LogP contribution in [0.3, 0.4) is 0 Å². The molecule has 1 aromatic carbocycles. The van der Waals surface area contributed by atoms with E-state index in [1.54, 1.807) is 30.5 Å². The fourth-order valence-corrected chi connectivity index (χ4v) is 3.31. The lowest BCUT2D eigenvalue weighted by molar-refractivity contribution is -0.0495. The highest BCUT2D eigenvalue weighted by Crippen LogP contribution is 2.31. The summed E-state index contributed by atoms with van der Waals surface area (Å²) in [7, 11) is 0. The Morgan fingerprint density at radius 2 is 2.17 bits per heavy atom. The SMILES string of the molecule is CCNC(=NCc1ccc(Cl)nc1)NC1CCN(c2ccccc2OC(F)F)C1. The second kappa shape index (κ2) is 10.2. The molecule has 2 heterocycles. The minimum Gasteiger partial charge on any atom is -0.433 e. The molecule has 1 aliphatic rings. The van der Waals surface area contributed by atoms with Crippen molar-refractivity contribution in [1.29, 1.82) is 0 Å². The number of benzene rings is 1. The number of guanidine groups is 1. The summed E-state index contributed by atoms with van der Waals surface area (Å²) in [6.45, 7) is 1.76. The Labute approximate surface area is 173 Å². The topological polar surface area (TPSA) is 61.8 Å². The number of nitrogens with one attached hydrogen (secondary N) is 2. The van der Waals surface area contributed by atoms with E-state index in [1.165, 1.54) is 0 Å². The summed E-state index contributed by atoms with van der Waals surface area (Å²) < 4.78 is 30.0. The first-order valence-corrected chi connectivity index (χ1v) is 9.87. The molecule has 9 heteroatoms. The molecule has 1 atom stereocenters. The van der Waals surface area contributed by atoms with Crippen molar-refractivity contribution in [3.05, 3.63) is 53.3 Å². The molecule has 29 heavy (non-hydrogen) atoms. The van der Waals surface area contributed by atoms with Crippen LogP contribution >= 0.6 is 11.6 Å². The van der Waals surface area contributed by atoms with Gasteiger partial charge in [0.05, 0.1) is 12.2 Å². The second-order valence-corrected chi connectivity index (χ2v) is 6.99. The number of pyridine rings is 1. The fraction of sp³-hybridized carbons (Fsp3) is 0.400. The monoisotopic (exact) mass is 423 g/mol. The fourth-order valence-electron chi connectivity index (χ4n) is 3.19. The largest absolute Gasteiger partial charge is 0.433 e. The molecule has 0 saturated carbocycles. The molecule has 6 nitrogen and oxygen atoms in total. The maximum Gasteiger partial charge on any atom is 0.387 e. The Hall–Kier alpha value is -2.61. The Balaban J connectivity index is 1.62. The van der Waals surface area contributed by atoms with Gasteiger partial charge in [-0.15, -0.1) is 0 Å². The van der Waals surface area contributed by atoms with E-state index in [0.717, 1.165) is 25.1 Å². The quantitative estimate of drug-likeness (QED) is 0.404. The van der Waals surface area contributed by atoms with Crippen molar-refractivity contribution < 1.29 is 13.5 Å². The minimum absolute atomic E-state index is 0.135. The van der Waals surface area contributed by atoms with Crippen molar-refractivity contribution in [2.45, 2.75) is 32.5 Å². The molecule has 1 unspecified atom stereocenters. The zero-order chi connectivity index (χ0) is 20.6. The molecule has 1 aromatic heterocycles. The third-order valence-electron chi connectivity index (χ3n) is 4.50. The molecule has 3 rings (SSSR count). The summed E-state index contributed by atoms with van der Waals surface area (Å²) >= 11 is 5.81. The predicted octanol–water partition coefficient (Wildman–Crippen LogP) is 3.67. The van der Waals surface area contributed by atoms with Gasteiger partial charge in [-0.25, -0.2) is 9.98 Å². The number of aliphatic imine (C=N–C) groups is 1. The number of alkyl halides is 2. The van der Waals surface area contributed by atoms with Crippen molar-refractivity contribution in [3.8, 4) is 5.75 Å². The van der Waals surface area contributed by atoms with E-state index in [0.29, 0.717) is 29.9 Å².